The number of hydrogen-bond acceptors (Lipinski definition) is 4. The Morgan fingerprint density at radius 3 is 2.88 bits per heavy atom. The maximum Gasteiger partial charge on any atom is 0.269 e. The molecule has 6 nitrogen and oxygen atoms in total. The highest BCUT2D eigenvalue weighted by Gasteiger charge is 2.30. The van der Waals surface area contributed by atoms with Gasteiger partial charge in [-0.1, -0.05) is 37.3 Å². The van der Waals surface area contributed by atoms with Crippen LogP contribution in [0.25, 0.3) is 0 Å². The second-order valence-corrected chi connectivity index (χ2v) is 6.63. The number of likely N-dealkylation sites (tertiary alicyclic amines) is 1. The number of amides is 1. The number of H-pyrrole nitrogens is 1. The fourth-order valence-electron chi connectivity index (χ4n) is 3.34. The van der Waals surface area contributed by atoms with E-state index in [4.69, 9.17) is 0 Å². The van der Waals surface area contributed by atoms with Gasteiger partial charge in [0.15, 0.2) is 0 Å². The Morgan fingerprint density at radius 1 is 1.40 bits per heavy atom. The van der Waals surface area contributed by atoms with E-state index in [-0.39, 0.29) is 24.5 Å². The van der Waals surface area contributed by atoms with Crippen molar-refractivity contribution in [1.82, 2.24) is 20.2 Å². The van der Waals surface area contributed by atoms with Crippen molar-refractivity contribution >= 4 is 5.91 Å². The number of hydrogen-bond donors (Lipinski definition) is 3. The highest BCUT2D eigenvalue weighted by molar-refractivity contribution is 5.92. The highest BCUT2D eigenvalue weighted by Crippen LogP contribution is 2.20. The van der Waals surface area contributed by atoms with E-state index in [1.54, 1.807) is 6.20 Å². The first kappa shape index (κ1) is 17.6. The number of aryl methyl sites for hydroxylation is 1. The number of carbonyl (C=O) groups excluding carboxylic acids is 1. The SMILES string of the molecule is CCc1ncc(C(=O)NC2CN(Cc3ccccc3)CCC2CO)[nH]1. The summed E-state index contributed by atoms with van der Waals surface area (Å²) in [7, 11) is 0. The van der Waals surface area contributed by atoms with E-state index in [9.17, 15) is 9.90 Å². The van der Waals surface area contributed by atoms with Crippen LogP contribution < -0.4 is 5.32 Å². The molecule has 1 amide bonds. The first-order valence-corrected chi connectivity index (χ1v) is 8.91. The van der Waals surface area contributed by atoms with Crippen molar-refractivity contribution < 1.29 is 9.90 Å². The molecule has 134 valence electrons. The molecule has 0 bridgehead atoms. The first-order chi connectivity index (χ1) is 12.2. The van der Waals surface area contributed by atoms with E-state index in [1.807, 2.05) is 25.1 Å². The summed E-state index contributed by atoms with van der Waals surface area (Å²) in [6, 6.07) is 10.3. The normalized spacial score (nSPS) is 21.2. The third kappa shape index (κ3) is 4.46. The van der Waals surface area contributed by atoms with Crippen molar-refractivity contribution in [3.05, 3.63) is 53.6 Å². The van der Waals surface area contributed by atoms with E-state index in [0.29, 0.717) is 5.69 Å². The minimum absolute atomic E-state index is 0.0664. The molecule has 3 rings (SSSR count). The fraction of sp³-hybridized carbons (Fsp3) is 0.474. The van der Waals surface area contributed by atoms with Gasteiger partial charge in [-0.2, -0.15) is 0 Å². The number of rotatable bonds is 6. The summed E-state index contributed by atoms with van der Waals surface area (Å²) < 4.78 is 0. The Bertz CT molecular complexity index is 686. The molecule has 1 aliphatic rings. The summed E-state index contributed by atoms with van der Waals surface area (Å²) in [6.07, 6.45) is 3.21. The number of aliphatic hydroxyl groups excluding tert-OH is 1. The third-order valence-electron chi connectivity index (χ3n) is 4.85. The molecule has 1 aliphatic heterocycles. The van der Waals surface area contributed by atoms with Gasteiger partial charge in [-0.15, -0.1) is 0 Å². The molecule has 2 heterocycles. The molecule has 3 N–H and O–H groups in total. The van der Waals surface area contributed by atoms with Crippen LogP contribution >= 0.6 is 0 Å². The number of nitrogens with zero attached hydrogens (tertiary/aromatic N) is 2. The first-order valence-electron chi connectivity index (χ1n) is 8.91. The zero-order valence-corrected chi connectivity index (χ0v) is 14.6. The molecule has 25 heavy (non-hydrogen) atoms. The Hall–Kier alpha value is -2.18. The number of nitrogens with one attached hydrogen (secondary N) is 2. The van der Waals surface area contributed by atoms with Crippen LogP contribution in [0, 0.1) is 5.92 Å². The molecule has 0 spiro atoms. The van der Waals surface area contributed by atoms with Gasteiger partial charge >= 0.3 is 0 Å². The molecule has 1 aromatic carbocycles. The molecule has 2 unspecified atom stereocenters. The lowest BCUT2D eigenvalue weighted by Gasteiger charge is -2.38. The zero-order valence-electron chi connectivity index (χ0n) is 14.6. The third-order valence-corrected chi connectivity index (χ3v) is 4.85. The predicted molar refractivity (Wildman–Crippen MR) is 96.1 cm³/mol. The van der Waals surface area contributed by atoms with Crippen LogP contribution in [0.3, 0.4) is 0 Å². The maximum atomic E-state index is 12.5. The van der Waals surface area contributed by atoms with Crippen molar-refractivity contribution in [2.45, 2.75) is 32.4 Å². The van der Waals surface area contributed by atoms with Crippen LogP contribution in [0.2, 0.25) is 0 Å². The maximum absolute atomic E-state index is 12.5. The largest absolute Gasteiger partial charge is 0.396 e. The van der Waals surface area contributed by atoms with Crippen molar-refractivity contribution in [3.8, 4) is 0 Å². The number of benzene rings is 1. The van der Waals surface area contributed by atoms with Crippen LogP contribution in [0.5, 0.6) is 0 Å². The molecular weight excluding hydrogens is 316 g/mol. The number of aliphatic hydroxyl groups is 1. The van der Waals surface area contributed by atoms with Gasteiger partial charge < -0.3 is 15.4 Å². The number of carbonyl (C=O) groups is 1. The quantitative estimate of drug-likeness (QED) is 0.745. The van der Waals surface area contributed by atoms with Crippen molar-refractivity contribution in [3.63, 3.8) is 0 Å². The van der Waals surface area contributed by atoms with E-state index in [2.05, 4.69) is 32.3 Å². The van der Waals surface area contributed by atoms with Gasteiger partial charge in [-0.3, -0.25) is 9.69 Å². The van der Waals surface area contributed by atoms with Gasteiger partial charge in [0.1, 0.15) is 11.5 Å². The lowest BCUT2D eigenvalue weighted by Crippen LogP contribution is -2.53. The molecule has 1 saturated heterocycles. The lowest BCUT2D eigenvalue weighted by atomic mass is 9.92. The highest BCUT2D eigenvalue weighted by atomic mass is 16.3. The Balaban J connectivity index is 1.63. The minimum Gasteiger partial charge on any atom is -0.396 e. The van der Waals surface area contributed by atoms with Gasteiger partial charge in [-0.25, -0.2) is 4.98 Å². The predicted octanol–water partition coefficient (Wildman–Crippen LogP) is 1.58. The topological polar surface area (TPSA) is 81.2 Å². The Labute approximate surface area is 148 Å². The smallest absolute Gasteiger partial charge is 0.269 e. The summed E-state index contributed by atoms with van der Waals surface area (Å²) in [4.78, 5) is 22.0. The van der Waals surface area contributed by atoms with Gasteiger partial charge in [-0.05, 0) is 18.5 Å². The Kier molecular flexibility index (Phi) is 5.83. The van der Waals surface area contributed by atoms with Crippen LogP contribution in [-0.4, -0.2) is 51.6 Å². The number of imidazole rings is 1. The molecule has 0 radical (unpaired) electrons. The van der Waals surface area contributed by atoms with E-state index < -0.39 is 0 Å². The minimum atomic E-state index is -0.155. The molecule has 0 saturated carbocycles. The number of aromatic amines is 1. The van der Waals surface area contributed by atoms with Crippen LogP contribution in [0.1, 0.15) is 35.2 Å². The summed E-state index contributed by atoms with van der Waals surface area (Å²) in [6.45, 7) is 4.60. The second-order valence-electron chi connectivity index (χ2n) is 6.63. The van der Waals surface area contributed by atoms with Crippen molar-refractivity contribution in [2.24, 2.45) is 5.92 Å². The summed E-state index contributed by atoms with van der Waals surface area (Å²) >= 11 is 0. The summed E-state index contributed by atoms with van der Waals surface area (Å²) in [5.74, 6) is 0.736. The van der Waals surface area contributed by atoms with Crippen molar-refractivity contribution in [1.29, 1.82) is 0 Å². The van der Waals surface area contributed by atoms with Crippen LogP contribution in [0.4, 0.5) is 0 Å². The monoisotopic (exact) mass is 342 g/mol. The standard InChI is InChI=1S/C19H26N4O2/c1-2-18-20-10-16(21-18)19(25)22-17-12-23(9-8-15(17)13-24)11-14-6-4-3-5-7-14/h3-7,10,15,17,24H,2,8-9,11-13H2,1H3,(H,20,21)(H,22,25). The molecule has 2 aromatic rings. The lowest BCUT2D eigenvalue weighted by molar-refractivity contribution is 0.0727. The van der Waals surface area contributed by atoms with Gasteiger partial charge in [0.2, 0.25) is 0 Å². The molecule has 6 heteroatoms. The van der Waals surface area contributed by atoms with Crippen molar-refractivity contribution in [2.75, 3.05) is 19.7 Å². The van der Waals surface area contributed by atoms with Gasteiger partial charge in [0.25, 0.3) is 5.91 Å². The van der Waals surface area contributed by atoms with Crippen LogP contribution in [0.15, 0.2) is 36.5 Å². The Morgan fingerprint density at radius 2 is 2.20 bits per heavy atom. The summed E-state index contributed by atoms with van der Waals surface area (Å²) in [5, 5.41) is 12.8. The molecular formula is C19H26N4O2. The molecule has 2 atom stereocenters. The molecule has 1 fully saturated rings. The van der Waals surface area contributed by atoms with Crippen LogP contribution in [-0.2, 0) is 13.0 Å². The van der Waals surface area contributed by atoms with Gasteiger partial charge in [0, 0.05) is 38.1 Å². The number of piperidine rings is 1. The van der Waals surface area contributed by atoms with Gasteiger partial charge in [0.05, 0.1) is 6.20 Å². The van der Waals surface area contributed by atoms with E-state index in [0.717, 1.165) is 38.3 Å². The fourth-order valence-corrected chi connectivity index (χ4v) is 3.34. The summed E-state index contributed by atoms with van der Waals surface area (Å²) in [5.41, 5.74) is 1.74. The van der Waals surface area contributed by atoms with E-state index >= 15 is 0 Å². The zero-order chi connectivity index (χ0) is 17.6. The average molecular weight is 342 g/mol. The number of aromatic nitrogens is 2. The van der Waals surface area contributed by atoms with E-state index in [1.165, 1.54) is 5.56 Å². The second kappa shape index (κ2) is 8.27. The molecule has 1 aromatic heterocycles. The average Bonchev–Trinajstić information content (AvgIpc) is 3.12. The molecule has 0 aliphatic carbocycles.